The van der Waals surface area contributed by atoms with Gasteiger partial charge in [0.15, 0.2) is 5.82 Å². The standard InChI is InChI=1S/C12H17N5O/c1-2-10-15-12(18-16-10)8-17-6-5-13-11(17)7-14-9-3-4-9/h5-6,9,14H,2-4,7-8H2,1H3. The molecule has 0 aliphatic heterocycles. The van der Waals surface area contributed by atoms with E-state index in [2.05, 4.69) is 20.4 Å². The molecular formula is C12H17N5O. The van der Waals surface area contributed by atoms with Gasteiger partial charge in [0, 0.05) is 24.9 Å². The SMILES string of the molecule is CCc1noc(Cn2ccnc2CNC2CC2)n1. The van der Waals surface area contributed by atoms with Crippen molar-refractivity contribution in [3.05, 3.63) is 29.9 Å². The van der Waals surface area contributed by atoms with Crippen molar-refractivity contribution in [1.82, 2.24) is 25.0 Å². The van der Waals surface area contributed by atoms with Crippen LogP contribution >= 0.6 is 0 Å². The molecule has 0 atom stereocenters. The van der Waals surface area contributed by atoms with E-state index in [1.807, 2.05) is 17.7 Å². The van der Waals surface area contributed by atoms with Crippen molar-refractivity contribution in [2.75, 3.05) is 0 Å². The average Bonchev–Trinajstić information content (AvgIpc) is 2.93. The van der Waals surface area contributed by atoms with Gasteiger partial charge in [0.1, 0.15) is 12.4 Å². The van der Waals surface area contributed by atoms with Crippen LogP contribution in [0.15, 0.2) is 16.9 Å². The first kappa shape index (κ1) is 11.4. The number of aryl methyl sites for hydroxylation is 1. The zero-order chi connectivity index (χ0) is 12.4. The number of nitrogens with zero attached hydrogens (tertiary/aromatic N) is 4. The van der Waals surface area contributed by atoms with Gasteiger partial charge >= 0.3 is 0 Å². The fourth-order valence-corrected chi connectivity index (χ4v) is 1.82. The third-order valence-corrected chi connectivity index (χ3v) is 3.06. The summed E-state index contributed by atoms with van der Waals surface area (Å²) in [6, 6.07) is 0.685. The normalized spacial score (nSPS) is 15.2. The van der Waals surface area contributed by atoms with Gasteiger partial charge in [0.25, 0.3) is 0 Å². The third kappa shape index (κ3) is 2.59. The molecule has 1 aliphatic rings. The van der Waals surface area contributed by atoms with E-state index in [1.165, 1.54) is 12.8 Å². The Morgan fingerprint density at radius 3 is 3.11 bits per heavy atom. The average molecular weight is 247 g/mol. The molecule has 6 nitrogen and oxygen atoms in total. The van der Waals surface area contributed by atoms with E-state index in [4.69, 9.17) is 4.52 Å². The molecular weight excluding hydrogens is 230 g/mol. The molecule has 2 aromatic heterocycles. The lowest BCUT2D eigenvalue weighted by atomic mass is 10.4. The van der Waals surface area contributed by atoms with E-state index >= 15 is 0 Å². The maximum Gasteiger partial charge on any atom is 0.246 e. The molecule has 3 rings (SSSR count). The highest BCUT2D eigenvalue weighted by molar-refractivity contribution is 4.97. The van der Waals surface area contributed by atoms with Gasteiger partial charge in [-0.1, -0.05) is 12.1 Å². The Balaban J connectivity index is 1.65. The van der Waals surface area contributed by atoms with Crippen LogP contribution in [-0.2, 0) is 19.5 Å². The van der Waals surface area contributed by atoms with E-state index in [1.54, 1.807) is 6.20 Å². The number of imidazole rings is 1. The van der Waals surface area contributed by atoms with E-state index in [-0.39, 0.29) is 0 Å². The maximum absolute atomic E-state index is 5.19. The van der Waals surface area contributed by atoms with E-state index in [0.717, 1.165) is 24.6 Å². The van der Waals surface area contributed by atoms with Gasteiger partial charge in [-0.15, -0.1) is 0 Å². The molecule has 2 heterocycles. The number of hydrogen-bond donors (Lipinski definition) is 1. The van der Waals surface area contributed by atoms with Gasteiger partial charge in [0.05, 0.1) is 6.54 Å². The smallest absolute Gasteiger partial charge is 0.246 e. The van der Waals surface area contributed by atoms with Crippen molar-refractivity contribution >= 4 is 0 Å². The Hall–Kier alpha value is -1.69. The Bertz CT molecular complexity index is 514. The van der Waals surface area contributed by atoms with Crippen LogP contribution in [0.3, 0.4) is 0 Å². The van der Waals surface area contributed by atoms with Gasteiger partial charge in [0.2, 0.25) is 5.89 Å². The lowest BCUT2D eigenvalue weighted by molar-refractivity contribution is 0.364. The number of rotatable bonds is 6. The van der Waals surface area contributed by atoms with Gasteiger partial charge < -0.3 is 14.4 Å². The Morgan fingerprint density at radius 2 is 2.39 bits per heavy atom. The lowest BCUT2D eigenvalue weighted by Gasteiger charge is -2.05. The fraction of sp³-hybridized carbons (Fsp3) is 0.583. The molecule has 0 radical (unpaired) electrons. The highest BCUT2D eigenvalue weighted by atomic mass is 16.5. The minimum absolute atomic E-state index is 0.592. The first-order valence-electron chi connectivity index (χ1n) is 6.40. The van der Waals surface area contributed by atoms with Crippen LogP contribution < -0.4 is 5.32 Å². The first-order valence-corrected chi connectivity index (χ1v) is 6.40. The first-order chi connectivity index (χ1) is 8.85. The minimum atomic E-state index is 0.592. The molecule has 1 fully saturated rings. The zero-order valence-electron chi connectivity index (χ0n) is 10.5. The molecule has 6 heteroatoms. The van der Waals surface area contributed by atoms with E-state index in [9.17, 15) is 0 Å². The van der Waals surface area contributed by atoms with Crippen LogP contribution in [0.1, 0.15) is 37.3 Å². The van der Waals surface area contributed by atoms with Crippen molar-refractivity contribution in [2.24, 2.45) is 0 Å². The van der Waals surface area contributed by atoms with E-state index < -0.39 is 0 Å². The molecule has 1 saturated carbocycles. The summed E-state index contributed by atoms with van der Waals surface area (Å²) in [6.45, 7) is 3.40. The van der Waals surface area contributed by atoms with Crippen molar-refractivity contribution in [3.8, 4) is 0 Å². The quantitative estimate of drug-likeness (QED) is 0.828. The molecule has 96 valence electrons. The number of nitrogens with one attached hydrogen (secondary N) is 1. The molecule has 0 aromatic carbocycles. The van der Waals surface area contributed by atoms with E-state index in [0.29, 0.717) is 18.5 Å². The third-order valence-electron chi connectivity index (χ3n) is 3.06. The molecule has 2 aromatic rings. The molecule has 18 heavy (non-hydrogen) atoms. The monoisotopic (exact) mass is 247 g/mol. The van der Waals surface area contributed by atoms with Gasteiger partial charge in [-0.05, 0) is 12.8 Å². The van der Waals surface area contributed by atoms with Gasteiger partial charge in [-0.25, -0.2) is 4.98 Å². The number of hydrogen-bond acceptors (Lipinski definition) is 5. The van der Waals surface area contributed by atoms with Crippen LogP contribution in [0.25, 0.3) is 0 Å². The van der Waals surface area contributed by atoms with Gasteiger partial charge in [-0.3, -0.25) is 0 Å². The summed E-state index contributed by atoms with van der Waals surface area (Å²) in [5, 5.41) is 7.35. The summed E-state index contributed by atoms with van der Waals surface area (Å²) in [7, 11) is 0. The largest absolute Gasteiger partial charge is 0.337 e. The molecule has 0 spiro atoms. The minimum Gasteiger partial charge on any atom is -0.337 e. The Labute approximate surface area is 105 Å². The molecule has 0 unspecified atom stereocenters. The topological polar surface area (TPSA) is 68.8 Å². The molecule has 0 bridgehead atoms. The molecule has 0 saturated heterocycles. The second-order valence-electron chi connectivity index (χ2n) is 4.58. The van der Waals surface area contributed by atoms with Crippen LogP contribution in [-0.4, -0.2) is 25.7 Å². The second kappa shape index (κ2) is 4.89. The van der Waals surface area contributed by atoms with Crippen molar-refractivity contribution in [3.63, 3.8) is 0 Å². The second-order valence-corrected chi connectivity index (χ2v) is 4.58. The Kier molecular flexibility index (Phi) is 3.10. The molecule has 0 amide bonds. The van der Waals surface area contributed by atoms with Gasteiger partial charge in [-0.2, -0.15) is 4.98 Å². The number of aromatic nitrogens is 4. The summed E-state index contributed by atoms with van der Waals surface area (Å²) >= 11 is 0. The van der Waals surface area contributed by atoms with Crippen LogP contribution in [0.2, 0.25) is 0 Å². The van der Waals surface area contributed by atoms with Crippen LogP contribution in [0.4, 0.5) is 0 Å². The van der Waals surface area contributed by atoms with Crippen molar-refractivity contribution < 1.29 is 4.52 Å². The summed E-state index contributed by atoms with van der Waals surface area (Å²) in [5.41, 5.74) is 0. The van der Waals surface area contributed by atoms with Crippen molar-refractivity contribution in [2.45, 2.75) is 45.3 Å². The molecule has 1 aliphatic carbocycles. The maximum atomic E-state index is 5.19. The van der Waals surface area contributed by atoms with Crippen LogP contribution in [0.5, 0.6) is 0 Å². The summed E-state index contributed by atoms with van der Waals surface area (Å²) in [4.78, 5) is 8.66. The fourth-order valence-electron chi connectivity index (χ4n) is 1.82. The lowest BCUT2D eigenvalue weighted by Crippen LogP contribution is -2.19. The summed E-state index contributed by atoms with van der Waals surface area (Å²) < 4.78 is 7.24. The highest BCUT2D eigenvalue weighted by Crippen LogP contribution is 2.19. The highest BCUT2D eigenvalue weighted by Gasteiger charge is 2.21. The predicted octanol–water partition coefficient (Wildman–Crippen LogP) is 1.13. The summed E-state index contributed by atoms with van der Waals surface area (Å²) in [5.74, 6) is 2.40. The zero-order valence-corrected chi connectivity index (χ0v) is 10.5. The Morgan fingerprint density at radius 1 is 1.50 bits per heavy atom. The van der Waals surface area contributed by atoms with Crippen LogP contribution in [0, 0.1) is 0 Å². The predicted molar refractivity (Wildman–Crippen MR) is 64.9 cm³/mol. The van der Waals surface area contributed by atoms with Crippen molar-refractivity contribution in [1.29, 1.82) is 0 Å². The summed E-state index contributed by atoms with van der Waals surface area (Å²) in [6.07, 6.45) is 7.11. The molecule has 1 N–H and O–H groups in total.